The lowest BCUT2D eigenvalue weighted by Crippen LogP contribution is -2.57. The number of aryl methyl sites for hydroxylation is 1. The molecule has 4 rings (SSSR count). The molecule has 2 amide bonds. The van der Waals surface area contributed by atoms with Gasteiger partial charge in [0.1, 0.15) is 0 Å². The van der Waals surface area contributed by atoms with Crippen molar-refractivity contribution in [3.8, 4) is 0 Å². The van der Waals surface area contributed by atoms with E-state index in [0.717, 1.165) is 29.8 Å². The largest absolute Gasteiger partial charge is 0.348 e. The van der Waals surface area contributed by atoms with Gasteiger partial charge in [0.25, 0.3) is 5.91 Å². The zero-order valence-electron chi connectivity index (χ0n) is 15.7. The number of rotatable bonds is 3. The molecule has 140 valence electrons. The molecule has 1 aliphatic heterocycles. The molecule has 1 aliphatic carbocycles. The molecule has 2 aromatic rings. The van der Waals surface area contributed by atoms with Crippen LogP contribution in [-0.4, -0.2) is 23.1 Å². The van der Waals surface area contributed by atoms with Crippen molar-refractivity contribution >= 4 is 29.3 Å². The minimum absolute atomic E-state index is 0.0279. The number of para-hydroxylation sites is 1. The Morgan fingerprint density at radius 1 is 1.22 bits per heavy atom. The van der Waals surface area contributed by atoms with Crippen molar-refractivity contribution < 1.29 is 9.59 Å². The smallest absolute Gasteiger partial charge is 0.252 e. The topological polar surface area (TPSA) is 49.4 Å². The van der Waals surface area contributed by atoms with Gasteiger partial charge in [0.15, 0.2) is 4.75 Å². The summed E-state index contributed by atoms with van der Waals surface area (Å²) in [4.78, 5) is 29.2. The van der Waals surface area contributed by atoms with Crippen LogP contribution in [0.15, 0.2) is 53.4 Å². The Morgan fingerprint density at radius 3 is 2.78 bits per heavy atom. The summed E-state index contributed by atoms with van der Waals surface area (Å²) in [6.07, 6.45) is 3.00. The fraction of sp³-hybridized carbons (Fsp3) is 0.364. The van der Waals surface area contributed by atoms with Crippen molar-refractivity contribution in [2.45, 2.75) is 48.8 Å². The predicted molar refractivity (Wildman–Crippen MR) is 109 cm³/mol. The maximum atomic E-state index is 13.3. The second-order valence-corrected chi connectivity index (χ2v) is 8.73. The van der Waals surface area contributed by atoms with Crippen LogP contribution >= 0.6 is 11.8 Å². The second kappa shape index (κ2) is 7.04. The van der Waals surface area contributed by atoms with Crippen molar-refractivity contribution in [1.82, 2.24) is 5.32 Å². The average Bonchev–Trinajstić information content (AvgIpc) is 2.69. The zero-order chi connectivity index (χ0) is 19.0. The number of hydrogen-bond acceptors (Lipinski definition) is 3. The highest BCUT2D eigenvalue weighted by Crippen LogP contribution is 2.45. The summed E-state index contributed by atoms with van der Waals surface area (Å²) >= 11 is 1.36. The number of benzene rings is 2. The monoisotopic (exact) mass is 380 g/mol. The lowest BCUT2D eigenvalue weighted by Gasteiger charge is -2.39. The van der Waals surface area contributed by atoms with E-state index in [1.54, 1.807) is 11.8 Å². The molecule has 0 saturated carbocycles. The van der Waals surface area contributed by atoms with Crippen molar-refractivity contribution in [3.63, 3.8) is 0 Å². The molecule has 0 bridgehead atoms. The van der Waals surface area contributed by atoms with Crippen LogP contribution in [0.25, 0.3) is 0 Å². The molecular weight excluding hydrogens is 356 g/mol. The van der Waals surface area contributed by atoms with E-state index in [2.05, 4.69) is 17.4 Å². The van der Waals surface area contributed by atoms with Crippen LogP contribution in [0.2, 0.25) is 0 Å². The van der Waals surface area contributed by atoms with Gasteiger partial charge in [-0.1, -0.05) is 48.2 Å². The van der Waals surface area contributed by atoms with Crippen molar-refractivity contribution in [2.24, 2.45) is 0 Å². The standard InChI is InChI=1S/C22H24N2O2S/c1-3-24-18-13-6-7-14-19(18)27-22(2,21(24)26)20(25)23-17-12-8-10-15-9-4-5-11-16(15)17/h4-7,9,11,13-14,17H,3,8,10,12H2,1-2H3,(H,23,25). The molecular formula is C22H24N2O2S. The first-order valence-electron chi connectivity index (χ1n) is 9.53. The van der Waals surface area contributed by atoms with Gasteiger partial charge < -0.3 is 10.2 Å². The van der Waals surface area contributed by atoms with Crippen LogP contribution in [-0.2, 0) is 16.0 Å². The molecule has 27 heavy (non-hydrogen) atoms. The minimum Gasteiger partial charge on any atom is -0.348 e. The highest BCUT2D eigenvalue weighted by molar-refractivity contribution is 8.02. The number of fused-ring (bicyclic) bond motifs is 2. The molecule has 0 saturated heterocycles. The van der Waals surface area contributed by atoms with Gasteiger partial charge in [-0.15, -0.1) is 0 Å². The van der Waals surface area contributed by atoms with Crippen LogP contribution in [0.1, 0.15) is 43.9 Å². The molecule has 4 nitrogen and oxygen atoms in total. The third kappa shape index (κ3) is 3.04. The average molecular weight is 381 g/mol. The Bertz CT molecular complexity index is 897. The van der Waals surface area contributed by atoms with Gasteiger partial charge in [0.05, 0.1) is 11.7 Å². The number of amides is 2. The van der Waals surface area contributed by atoms with Crippen molar-refractivity contribution in [1.29, 1.82) is 0 Å². The van der Waals surface area contributed by atoms with E-state index in [1.807, 2.05) is 43.3 Å². The van der Waals surface area contributed by atoms with Crippen molar-refractivity contribution in [3.05, 3.63) is 59.7 Å². The summed E-state index contributed by atoms with van der Waals surface area (Å²) in [7, 11) is 0. The summed E-state index contributed by atoms with van der Waals surface area (Å²) in [6.45, 7) is 4.24. The molecule has 1 heterocycles. The molecule has 0 aromatic heterocycles. The maximum absolute atomic E-state index is 13.3. The summed E-state index contributed by atoms with van der Waals surface area (Å²) < 4.78 is -1.16. The first kappa shape index (κ1) is 18.1. The zero-order valence-corrected chi connectivity index (χ0v) is 16.5. The molecule has 5 heteroatoms. The van der Waals surface area contributed by atoms with Gasteiger partial charge >= 0.3 is 0 Å². The van der Waals surface area contributed by atoms with E-state index in [1.165, 1.54) is 22.9 Å². The third-order valence-electron chi connectivity index (χ3n) is 5.55. The summed E-state index contributed by atoms with van der Waals surface area (Å²) in [5.74, 6) is -0.345. The van der Waals surface area contributed by atoms with Gasteiger partial charge in [0.2, 0.25) is 5.91 Å². The lowest BCUT2D eigenvalue weighted by molar-refractivity contribution is -0.131. The van der Waals surface area contributed by atoms with Crippen LogP contribution in [0, 0.1) is 0 Å². The van der Waals surface area contributed by atoms with E-state index < -0.39 is 4.75 Å². The number of carbonyl (C=O) groups is 2. The molecule has 0 spiro atoms. The number of nitrogens with one attached hydrogen (secondary N) is 1. The lowest BCUT2D eigenvalue weighted by atomic mass is 9.87. The molecule has 2 unspecified atom stereocenters. The Kier molecular flexibility index (Phi) is 4.72. The maximum Gasteiger partial charge on any atom is 0.252 e. The molecule has 2 aliphatic rings. The second-order valence-electron chi connectivity index (χ2n) is 7.27. The number of thioether (sulfide) groups is 1. The van der Waals surface area contributed by atoms with E-state index in [4.69, 9.17) is 0 Å². The van der Waals surface area contributed by atoms with Crippen LogP contribution in [0.3, 0.4) is 0 Å². The first-order chi connectivity index (χ1) is 13.0. The molecule has 1 N–H and O–H groups in total. The first-order valence-corrected chi connectivity index (χ1v) is 10.3. The Balaban J connectivity index is 1.63. The molecule has 0 fully saturated rings. The molecule has 0 radical (unpaired) electrons. The van der Waals surface area contributed by atoms with E-state index in [-0.39, 0.29) is 17.9 Å². The summed E-state index contributed by atoms with van der Waals surface area (Å²) in [6, 6.07) is 16.1. The van der Waals surface area contributed by atoms with Crippen molar-refractivity contribution in [2.75, 3.05) is 11.4 Å². The van der Waals surface area contributed by atoms with Gasteiger partial charge in [-0.2, -0.15) is 0 Å². The van der Waals surface area contributed by atoms with E-state index in [9.17, 15) is 9.59 Å². The van der Waals surface area contributed by atoms with Gasteiger partial charge in [-0.05, 0) is 56.4 Å². The summed E-state index contributed by atoms with van der Waals surface area (Å²) in [5, 5.41) is 3.18. The molecule has 2 atom stereocenters. The summed E-state index contributed by atoms with van der Waals surface area (Å²) in [5.41, 5.74) is 3.37. The fourth-order valence-electron chi connectivity index (χ4n) is 4.05. The highest BCUT2D eigenvalue weighted by atomic mass is 32.2. The number of carbonyl (C=O) groups excluding carboxylic acids is 2. The van der Waals surface area contributed by atoms with Gasteiger partial charge in [0, 0.05) is 11.4 Å². The van der Waals surface area contributed by atoms with Gasteiger partial charge in [-0.25, -0.2) is 0 Å². The Hall–Kier alpha value is -2.27. The van der Waals surface area contributed by atoms with E-state index >= 15 is 0 Å². The number of anilines is 1. The SMILES string of the molecule is CCN1C(=O)C(C)(C(=O)NC2CCCc3ccccc32)Sc2ccccc21. The number of hydrogen-bond donors (Lipinski definition) is 1. The quantitative estimate of drug-likeness (QED) is 0.816. The van der Waals surface area contributed by atoms with Crippen LogP contribution in [0.5, 0.6) is 0 Å². The van der Waals surface area contributed by atoms with E-state index in [0.29, 0.717) is 6.54 Å². The fourth-order valence-corrected chi connectivity index (χ4v) is 5.27. The number of nitrogens with zero attached hydrogens (tertiary/aromatic N) is 1. The normalized spacial score (nSPS) is 24.1. The van der Waals surface area contributed by atoms with Crippen LogP contribution in [0.4, 0.5) is 5.69 Å². The highest BCUT2D eigenvalue weighted by Gasteiger charge is 2.49. The third-order valence-corrected chi connectivity index (χ3v) is 6.88. The Morgan fingerprint density at radius 2 is 1.96 bits per heavy atom. The Labute approximate surface area is 164 Å². The molecule has 2 aromatic carbocycles. The minimum atomic E-state index is -1.16. The predicted octanol–water partition coefficient (Wildman–Crippen LogP) is 4.10. The van der Waals surface area contributed by atoms with Gasteiger partial charge in [-0.3, -0.25) is 9.59 Å². The van der Waals surface area contributed by atoms with Crippen LogP contribution < -0.4 is 10.2 Å².